The summed E-state index contributed by atoms with van der Waals surface area (Å²) in [6, 6.07) is 7.14. The van der Waals surface area contributed by atoms with E-state index in [1.165, 1.54) is 4.31 Å². The summed E-state index contributed by atoms with van der Waals surface area (Å²) < 4.78 is 26.6. The molecule has 0 aromatic heterocycles. The van der Waals surface area contributed by atoms with Gasteiger partial charge >= 0.3 is 0 Å². The average Bonchev–Trinajstić information content (AvgIpc) is 2.39. The van der Waals surface area contributed by atoms with Crippen LogP contribution in [0.4, 0.5) is 0 Å². The first kappa shape index (κ1) is 17.1. The molecule has 0 unspecified atom stereocenters. The van der Waals surface area contributed by atoms with Gasteiger partial charge in [0.25, 0.3) is 0 Å². The van der Waals surface area contributed by atoms with Gasteiger partial charge in [0.1, 0.15) is 0 Å². The highest BCUT2D eigenvalue weighted by molar-refractivity contribution is 7.89. The second-order valence-corrected chi connectivity index (χ2v) is 7.13. The van der Waals surface area contributed by atoms with E-state index >= 15 is 0 Å². The number of hydrogen-bond donors (Lipinski definition) is 1. The molecule has 0 fully saturated rings. The first-order chi connectivity index (χ1) is 9.39. The summed E-state index contributed by atoms with van der Waals surface area (Å²) in [6.07, 6.45) is 0.816. The molecule has 0 atom stereocenters. The van der Waals surface area contributed by atoms with E-state index in [2.05, 4.69) is 10.2 Å². The molecule has 0 bridgehead atoms. The van der Waals surface area contributed by atoms with Gasteiger partial charge in [-0.25, -0.2) is 12.7 Å². The summed E-state index contributed by atoms with van der Waals surface area (Å²) in [4.78, 5) is 2.44. The number of nitrogens with one attached hydrogen (secondary N) is 1. The van der Waals surface area contributed by atoms with Crippen LogP contribution in [0.1, 0.15) is 12.0 Å². The molecule has 1 aromatic rings. The van der Waals surface area contributed by atoms with E-state index in [1.807, 2.05) is 33.3 Å². The van der Waals surface area contributed by atoms with Crippen molar-refractivity contribution in [3.05, 3.63) is 29.8 Å². The van der Waals surface area contributed by atoms with E-state index < -0.39 is 10.0 Å². The molecule has 0 radical (unpaired) electrons. The molecule has 0 aliphatic heterocycles. The zero-order valence-electron chi connectivity index (χ0n) is 12.8. The van der Waals surface area contributed by atoms with Crippen LogP contribution in [0.3, 0.4) is 0 Å². The van der Waals surface area contributed by atoms with Crippen LogP contribution in [0.2, 0.25) is 0 Å². The monoisotopic (exact) mass is 299 g/mol. The number of nitrogens with zero attached hydrogens (tertiary/aromatic N) is 2. The van der Waals surface area contributed by atoms with E-state index in [-0.39, 0.29) is 0 Å². The highest BCUT2D eigenvalue weighted by Gasteiger charge is 2.22. The van der Waals surface area contributed by atoms with Crippen molar-refractivity contribution in [1.82, 2.24) is 14.5 Å². The van der Waals surface area contributed by atoms with Crippen molar-refractivity contribution >= 4 is 10.0 Å². The number of hydrogen-bond acceptors (Lipinski definition) is 4. The van der Waals surface area contributed by atoms with Crippen molar-refractivity contribution in [2.24, 2.45) is 0 Å². The van der Waals surface area contributed by atoms with E-state index in [1.54, 1.807) is 19.2 Å². The minimum Gasteiger partial charge on any atom is -0.316 e. The smallest absolute Gasteiger partial charge is 0.243 e. The normalized spacial score (nSPS) is 12.3. The Kier molecular flexibility index (Phi) is 6.61. The van der Waals surface area contributed by atoms with Gasteiger partial charge in [0.2, 0.25) is 10.0 Å². The minimum absolute atomic E-state index is 0.390. The van der Waals surface area contributed by atoms with Crippen LogP contribution in [0.5, 0.6) is 0 Å². The van der Waals surface area contributed by atoms with Crippen LogP contribution in [0, 0.1) is 0 Å². The summed E-state index contributed by atoms with van der Waals surface area (Å²) in [5.74, 6) is 0. The lowest BCUT2D eigenvalue weighted by molar-refractivity contribution is 0.370. The summed E-state index contributed by atoms with van der Waals surface area (Å²) >= 11 is 0. The van der Waals surface area contributed by atoms with Crippen molar-refractivity contribution in [1.29, 1.82) is 0 Å². The van der Waals surface area contributed by atoms with Crippen LogP contribution >= 0.6 is 0 Å². The molecule has 0 amide bonds. The Hall–Kier alpha value is -0.950. The van der Waals surface area contributed by atoms with Gasteiger partial charge in [0, 0.05) is 20.1 Å². The Balaban J connectivity index is 2.87. The number of benzene rings is 1. The molecular formula is C14H25N3O2S. The van der Waals surface area contributed by atoms with E-state index in [0.717, 1.165) is 18.5 Å². The molecule has 0 heterocycles. The van der Waals surface area contributed by atoms with Crippen LogP contribution in [-0.2, 0) is 16.6 Å². The van der Waals surface area contributed by atoms with Gasteiger partial charge < -0.3 is 10.2 Å². The topological polar surface area (TPSA) is 52.7 Å². The molecule has 1 rings (SSSR count). The SMILES string of the molecule is CNCc1ccccc1S(=O)(=O)N(C)CCCN(C)C. The quantitative estimate of drug-likeness (QED) is 0.777. The summed E-state index contributed by atoms with van der Waals surface area (Å²) in [5, 5.41) is 3.00. The molecule has 114 valence electrons. The predicted molar refractivity (Wildman–Crippen MR) is 82.2 cm³/mol. The molecule has 0 saturated heterocycles. The third kappa shape index (κ3) is 4.56. The van der Waals surface area contributed by atoms with Gasteiger partial charge in [-0.15, -0.1) is 0 Å². The van der Waals surface area contributed by atoms with E-state index in [9.17, 15) is 8.42 Å². The molecule has 0 aliphatic rings. The first-order valence-corrected chi connectivity index (χ1v) is 8.17. The average molecular weight is 299 g/mol. The molecule has 1 aromatic carbocycles. The summed E-state index contributed by atoms with van der Waals surface area (Å²) in [6.45, 7) is 1.94. The summed E-state index contributed by atoms with van der Waals surface area (Å²) in [5.41, 5.74) is 0.800. The maximum Gasteiger partial charge on any atom is 0.243 e. The first-order valence-electron chi connectivity index (χ1n) is 6.73. The highest BCUT2D eigenvalue weighted by atomic mass is 32.2. The lowest BCUT2D eigenvalue weighted by Gasteiger charge is -2.20. The molecule has 1 N–H and O–H groups in total. The number of rotatable bonds is 8. The minimum atomic E-state index is -3.41. The fourth-order valence-corrected chi connectivity index (χ4v) is 3.42. The van der Waals surface area contributed by atoms with E-state index in [0.29, 0.717) is 18.0 Å². The molecule has 0 saturated carbocycles. The maximum absolute atomic E-state index is 12.6. The Labute approximate surface area is 122 Å². The van der Waals surface area contributed by atoms with Crippen LogP contribution in [-0.4, -0.2) is 58.9 Å². The zero-order chi connectivity index (χ0) is 15.2. The Morgan fingerprint density at radius 1 is 1.10 bits per heavy atom. The molecule has 20 heavy (non-hydrogen) atoms. The molecule has 6 heteroatoms. The third-order valence-electron chi connectivity index (χ3n) is 3.11. The number of sulfonamides is 1. The van der Waals surface area contributed by atoms with E-state index in [4.69, 9.17) is 0 Å². The second kappa shape index (κ2) is 7.73. The maximum atomic E-state index is 12.6. The lowest BCUT2D eigenvalue weighted by atomic mass is 10.2. The van der Waals surface area contributed by atoms with Crippen LogP contribution < -0.4 is 5.32 Å². The van der Waals surface area contributed by atoms with Crippen molar-refractivity contribution in [2.45, 2.75) is 17.9 Å². The Bertz CT molecular complexity index is 515. The van der Waals surface area contributed by atoms with Crippen molar-refractivity contribution in [2.75, 3.05) is 41.3 Å². The van der Waals surface area contributed by atoms with Crippen molar-refractivity contribution in [3.8, 4) is 0 Å². The lowest BCUT2D eigenvalue weighted by Crippen LogP contribution is -2.30. The van der Waals surface area contributed by atoms with Crippen molar-refractivity contribution < 1.29 is 8.42 Å². The molecule has 5 nitrogen and oxygen atoms in total. The molecule has 0 aliphatic carbocycles. The fourth-order valence-electron chi connectivity index (χ4n) is 1.99. The zero-order valence-corrected chi connectivity index (χ0v) is 13.6. The molecular weight excluding hydrogens is 274 g/mol. The van der Waals surface area contributed by atoms with Gasteiger partial charge in [0.15, 0.2) is 0 Å². The van der Waals surface area contributed by atoms with Gasteiger partial charge in [-0.1, -0.05) is 18.2 Å². The molecule has 0 spiro atoms. The largest absolute Gasteiger partial charge is 0.316 e. The standard InChI is InChI=1S/C14H25N3O2S/c1-15-12-13-8-5-6-9-14(13)20(18,19)17(4)11-7-10-16(2)3/h5-6,8-9,15H,7,10-12H2,1-4H3. The third-order valence-corrected chi connectivity index (χ3v) is 5.06. The second-order valence-electron chi connectivity index (χ2n) is 5.12. The van der Waals surface area contributed by atoms with Crippen molar-refractivity contribution in [3.63, 3.8) is 0 Å². The Morgan fingerprint density at radius 3 is 2.35 bits per heavy atom. The van der Waals surface area contributed by atoms with Gasteiger partial charge in [0.05, 0.1) is 4.90 Å². The van der Waals surface area contributed by atoms with Crippen LogP contribution in [0.15, 0.2) is 29.2 Å². The fraction of sp³-hybridized carbons (Fsp3) is 0.571. The van der Waals surface area contributed by atoms with Gasteiger partial charge in [-0.05, 0) is 45.7 Å². The highest BCUT2D eigenvalue weighted by Crippen LogP contribution is 2.19. The van der Waals surface area contributed by atoms with Gasteiger partial charge in [-0.3, -0.25) is 0 Å². The Morgan fingerprint density at radius 2 is 1.75 bits per heavy atom. The van der Waals surface area contributed by atoms with Crippen LogP contribution in [0.25, 0.3) is 0 Å². The van der Waals surface area contributed by atoms with Gasteiger partial charge in [-0.2, -0.15) is 0 Å². The summed E-state index contributed by atoms with van der Waals surface area (Å²) in [7, 11) is 4.00. The predicted octanol–water partition coefficient (Wildman–Crippen LogP) is 0.978.